The van der Waals surface area contributed by atoms with Crippen LogP contribution < -0.4 is 0 Å². The molecule has 3 saturated heterocycles. The number of hydrogen-bond donors (Lipinski definition) is 1. The van der Waals surface area contributed by atoms with Gasteiger partial charge in [-0.05, 0) is 27.7 Å². The fourth-order valence-electron chi connectivity index (χ4n) is 2.70. The van der Waals surface area contributed by atoms with Crippen molar-refractivity contribution in [2.75, 3.05) is 6.61 Å². The van der Waals surface area contributed by atoms with Crippen LogP contribution in [0.25, 0.3) is 0 Å². The van der Waals surface area contributed by atoms with Crippen molar-refractivity contribution in [3.05, 3.63) is 0 Å². The zero-order chi connectivity index (χ0) is 13.1. The average Bonchev–Trinajstić information content (AvgIpc) is 2.81. The average molecular weight is 260 g/mol. The van der Waals surface area contributed by atoms with Crippen LogP contribution in [0.5, 0.6) is 0 Å². The molecule has 104 valence electrons. The topological polar surface area (TPSA) is 66.4 Å². The molecular weight excluding hydrogens is 240 g/mol. The van der Waals surface area contributed by atoms with Gasteiger partial charge in [0.15, 0.2) is 17.9 Å². The van der Waals surface area contributed by atoms with Crippen molar-refractivity contribution in [1.29, 1.82) is 0 Å². The van der Waals surface area contributed by atoms with E-state index in [2.05, 4.69) is 0 Å². The normalized spacial score (nSPS) is 49.5. The first-order chi connectivity index (χ1) is 8.27. The monoisotopic (exact) mass is 260 g/mol. The smallest absolute Gasteiger partial charge is 0.190 e. The second kappa shape index (κ2) is 3.88. The van der Waals surface area contributed by atoms with Crippen LogP contribution in [0, 0.1) is 0 Å². The van der Waals surface area contributed by atoms with Crippen LogP contribution in [0.4, 0.5) is 0 Å². The summed E-state index contributed by atoms with van der Waals surface area (Å²) < 4.78 is 28.1. The molecule has 3 fully saturated rings. The van der Waals surface area contributed by atoms with E-state index in [4.69, 9.17) is 23.7 Å². The number of ether oxygens (including phenoxy) is 5. The predicted molar refractivity (Wildman–Crippen MR) is 59.6 cm³/mol. The van der Waals surface area contributed by atoms with Gasteiger partial charge in [-0.1, -0.05) is 0 Å². The third-order valence-corrected chi connectivity index (χ3v) is 3.45. The third-order valence-electron chi connectivity index (χ3n) is 3.45. The first-order valence-electron chi connectivity index (χ1n) is 6.28. The van der Waals surface area contributed by atoms with Crippen LogP contribution in [0.15, 0.2) is 0 Å². The van der Waals surface area contributed by atoms with Crippen molar-refractivity contribution in [2.45, 2.75) is 70.0 Å². The number of aliphatic hydroxyl groups is 1. The highest BCUT2D eigenvalue weighted by molar-refractivity contribution is 4.97. The summed E-state index contributed by atoms with van der Waals surface area (Å²) in [5.41, 5.74) is 0. The highest BCUT2D eigenvalue weighted by Gasteiger charge is 2.57. The molecule has 5 atom stereocenters. The molecule has 0 amide bonds. The fourth-order valence-corrected chi connectivity index (χ4v) is 2.70. The Morgan fingerprint density at radius 1 is 0.944 bits per heavy atom. The molecular formula is C12H20O6. The number of hydrogen-bond acceptors (Lipinski definition) is 6. The molecule has 0 spiro atoms. The fraction of sp³-hybridized carbons (Fsp3) is 1.00. The van der Waals surface area contributed by atoms with E-state index < -0.39 is 36.2 Å². The second-order valence-electron chi connectivity index (χ2n) is 5.93. The Hall–Kier alpha value is -0.240. The summed E-state index contributed by atoms with van der Waals surface area (Å²) in [6.07, 6.45) is -2.53. The van der Waals surface area contributed by atoms with Crippen LogP contribution >= 0.6 is 0 Å². The van der Waals surface area contributed by atoms with Gasteiger partial charge in [-0.25, -0.2) is 0 Å². The lowest BCUT2D eigenvalue weighted by Crippen LogP contribution is -2.42. The van der Waals surface area contributed by atoms with Gasteiger partial charge in [-0.3, -0.25) is 0 Å². The third kappa shape index (κ3) is 2.07. The van der Waals surface area contributed by atoms with Crippen molar-refractivity contribution in [2.24, 2.45) is 0 Å². The molecule has 3 aliphatic heterocycles. The SMILES string of the molecule is CC1(C)OC[C@H]([C@@H]2OC3OC(C)(C)O[C@@H]3[C@@H]2O)O1. The van der Waals surface area contributed by atoms with Gasteiger partial charge < -0.3 is 28.8 Å². The number of rotatable bonds is 1. The lowest BCUT2D eigenvalue weighted by atomic mass is 10.1. The van der Waals surface area contributed by atoms with Gasteiger partial charge >= 0.3 is 0 Å². The summed E-state index contributed by atoms with van der Waals surface area (Å²) in [5, 5.41) is 10.3. The molecule has 3 aliphatic rings. The van der Waals surface area contributed by atoms with Gasteiger partial charge in [0.05, 0.1) is 6.61 Å². The molecule has 6 heteroatoms. The van der Waals surface area contributed by atoms with E-state index in [1.54, 1.807) is 13.8 Å². The largest absolute Gasteiger partial charge is 0.387 e. The second-order valence-corrected chi connectivity index (χ2v) is 5.93. The van der Waals surface area contributed by atoms with Crippen molar-refractivity contribution < 1.29 is 28.8 Å². The van der Waals surface area contributed by atoms with Gasteiger partial charge in [0.2, 0.25) is 0 Å². The predicted octanol–water partition coefficient (Wildman–Crippen LogP) is 0.375. The van der Waals surface area contributed by atoms with Crippen molar-refractivity contribution in [3.63, 3.8) is 0 Å². The molecule has 0 aromatic rings. The molecule has 1 unspecified atom stereocenters. The van der Waals surface area contributed by atoms with Crippen LogP contribution in [0.1, 0.15) is 27.7 Å². The summed E-state index contributed by atoms with van der Waals surface area (Å²) >= 11 is 0. The van der Waals surface area contributed by atoms with Crippen LogP contribution in [0.3, 0.4) is 0 Å². The molecule has 3 heterocycles. The van der Waals surface area contributed by atoms with E-state index in [9.17, 15) is 5.11 Å². The maximum Gasteiger partial charge on any atom is 0.190 e. The Bertz CT molecular complexity index is 341. The molecule has 0 aromatic heterocycles. The Labute approximate surface area is 106 Å². The molecule has 6 nitrogen and oxygen atoms in total. The van der Waals surface area contributed by atoms with E-state index in [1.807, 2.05) is 13.8 Å². The van der Waals surface area contributed by atoms with E-state index in [0.717, 1.165) is 0 Å². The Balaban J connectivity index is 1.68. The van der Waals surface area contributed by atoms with Crippen LogP contribution in [0.2, 0.25) is 0 Å². The molecule has 0 aromatic carbocycles. The zero-order valence-electron chi connectivity index (χ0n) is 11.1. The minimum Gasteiger partial charge on any atom is -0.387 e. The molecule has 0 bridgehead atoms. The number of fused-ring (bicyclic) bond motifs is 1. The Morgan fingerprint density at radius 3 is 2.22 bits per heavy atom. The maximum atomic E-state index is 10.3. The van der Waals surface area contributed by atoms with Crippen LogP contribution in [-0.4, -0.2) is 54.0 Å². The minimum atomic E-state index is -0.765. The summed E-state index contributed by atoms with van der Waals surface area (Å²) in [6, 6.07) is 0. The lowest BCUT2D eigenvalue weighted by Gasteiger charge is -2.26. The van der Waals surface area contributed by atoms with E-state index in [-0.39, 0.29) is 6.10 Å². The molecule has 3 rings (SSSR count). The maximum absolute atomic E-state index is 10.3. The molecule has 18 heavy (non-hydrogen) atoms. The molecule has 1 N–H and O–H groups in total. The zero-order valence-corrected chi connectivity index (χ0v) is 11.1. The lowest BCUT2D eigenvalue weighted by molar-refractivity contribution is -0.232. The molecule has 0 radical (unpaired) electrons. The summed E-state index contributed by atoms with van der Waals surface area (Å²) in [4.78, 5) is 0. The van der Waals surface area contributed by atoms with E-state index in [1.165, 1.54) is 0 Å². The van der Waals surface area contributed by atoms with Crippen molar-refractivity contribution in [1.82, 2.24) is 0 Å². The van der Waals surface area contributed by atoms with Gasteiger partial charge in [0.25, 0.3) is 0 Å². The van der Waals surface area contributed by atoms with Crippen LogP contribution in [-0.2, 0) is 23.7 Å². The first-order valence-corrected chi connectivity index (χ1v) is 6.28. The van der Waals surface area contributed by atoms with E-state index in [0.29, 0.717) is 6.61 Å². The molecule has 0 aliphatic carbocycles. The molecule has 0 saturated carbocycles. The van der Waals surface area contributed by atoms with Crippen molar-refractivity contribution >= 4 is 0 Å². The highest BCUT2D eigenvalue weighted by Crippen LogP contribution is 2.40. The first kappa shape index (κ1) is 12.8. The Kier molecular flexibility index (Phi) is 2.75. The van der Waals surface area contributed by atoms with Gasteiger partial charge in [0.1, 0.15) is 24.4 Å². The highest BCUT2D eigenvalue weighted by atomic mass is 16.8. The van der Waals surface area contributed by atoms with E-state index >= 15 is 0 Å². The van der Waals surface area contributed by atoms with Gasteiger partial charge in [0, 0.05) is 0 Å². The summed E-state index contributed by atoms with van der Waals surface area (Å²) in [5.74, 6) is -1.35. The Morgan fingerprint density at radius 2 is 1.67 bits per heavy atom. The van der Waals surface area contributed by atoms with Gasteiger partial charge in [-0.2, -0.15) is 0 Å². The number of aliphatic hydroxyl groups excluding tert-OH is 1. The quantitative estimate of drug-likeness (QED) is 0.735. The minimum absolute atomic E-state index is 0.295. The van der Waals surface area contributed by atoms with Crippen molar-refractivity contribution in [3.8, 4) is 0 Å². The van der Waals surface area contributed by atoms with Gasteiger partial charge in [-0.15, -0.1) is 0 Å². The summed E-state index contributed by atoms with van der Waals surface area (Å²) in [7, 11) is 0. The standard InChI is InChI=1S/C12H20O6/c1-11(2)14-5-6(16-11)8-7(13)9-10(15-8)18-12(3,4)17-9/h6-10,13H,5H2,1-4H3/t6-,7-,8+,9-,10?/m1/s1. The summed E-state index contributed by atoms with van der Waals surface area (Å²) in [6.45, 7) is 7.68.